The highest BCUT2D eigenvalue weighted by atomic mass is 32.2. The number of H-pyrrole nitrogens is 1. The number of carbonyl (C=O) groups excluding carboxylic acids is 1. The van der Waals surface area contributed by atoms with Crippen LogP contribution in [-0.4, -0.2) is 46.5 Å². The SMILES string of the molecule is O=C(NO)c1ccccc1S(=O)(=O)N1CCC(n2c(=O)[nH]c3ccccc32)CC1. The van der Waals surface area contributed by atoms with E-state index in [1.165, 1.54) is 34.1 Å². The number of aromatic nitrogens is 2. The van der Waals surface area contributed by atoms with E-state index in [9.17, 15) is 18.0 Å². The van der Waals surface area contributed by atoms with Crippen molar-refractivity contribution in [2.45, 2.75) is 23.8 Å². The third kappa shape index (κ3) is 3.35. The van der Waals surface area contributed by atoms with Crippen LogP contribution in [-0.2, 0) is 10.0 Å². The molecule has 1 aromatic heterocycles. The lowest BCUT2D eigenvalue weighted by molar-refractivity contribution is 0.0702. The Morgan fingerprint density at radius 3 is 2.45 bits per heavy atom. The van der Waals surface area contributed by atoms with Crippen molar-refractivity contribution in [2.75, 3.05) is 13.1 Å². The summed E-state index contributed by atoms with van der Waals surface area (Å²) < 4.78 is 29.2. The molecule has 2 heterocycles. The predicted molar refractivity (Wildman–Crippen MR) is 105 cm³/mol. The molecular weight excluding hydrogens is 396 g/mol. The lowest BCUT2D eigenvalue weighted by Crippen LogP contribution is -2.41. The van der Waals surface area contributed by atoms with Gasteiger partial charge in [-0.15, -0.1) is 0 Å². The second-order valence-electron chi connectivity index (χ2n) is 6.89. The van der Waals surface area contributed by atoms with E-state index in [1.807, 2.05) is 24.3 Å². The minimum atomic E-state index is -3.93. The van der Waals surface area contributed by atoms with Crippen molar-refractivity contribution in [3.05, 3.63) is 64.6 Å². The lowest BCUT2D eigenvalue weighted by atomic mass is 10.1. The Balaban J connectivity index is 1.59. The minimum absolute atomic E-state index is 0.120. The van der Waals surface area contributed by atoms with Gasteiger partial charge in [-0.3, -0.25) is 14.6 Å². The standard InChI is InChI=1S/C19H20N4O5S/c24-18(21-26)14-5-1-4-8-17(14)29(27,28)22-11-9-13(10-12-22)23-16-7-3-2-6-15(16)20-19(23)25/h1-8,13,26H,9-12H2,(H,20,25)(H,21,24). The van der Waals surface area contributed by atoms with Crippen LogP contribution in [0, 0.1) is 0 Å². The maximum absolute atomic E-state index is 13.1. The zero-order valence-corrected chi connectivity index (χ0v) is 16.2. The molecule has 10 heteroatoms. The van der Waals surface area contributed by atoms with Gasteiger partial charge in [-0.05, 0) is 37.1 Å². The number of imidazole rings is 1. The van der Waals surface area contributed by atoms with E-state index in [1.54, 1.807) is 4.57 Å². The van der Waals surface area contributed by atoms with E-state index in [4.69, 9.17) is 5.21 Å². The summed E-state index contributed by atoms with van der Waals surface area (Å²) in [6.07, 6.45) is 0.935. The molecule has 0 spiro atoms. The Labute approximate surface area is 166 Å². The number of nitrogens with zero attached hydrogens (tertiary/aromatic N) is 2. The van der Waals surface area contributed by atoms with Crippen LogP contribution in [0.15, 0.2) is 58.2 Å². The number of carbonyl (C=O) groups is 1. The number of fused-ring (bicyclic) bond motifs is 1. The highest BCUT2D eigenvalue weighted by Gasteiger charge is 2.33. The van der Waals surface area contributed by atoms with Gasteiger partial charge >= 0.3 is 5.69 Å². The molecule has 3 N–H and O–H groups in total. The van der Waals surface area contributed by atoms with E-state index in [0.29, 0.717) is 12.8 Å². The van der Waals surface area contributed by atoms with Crippen molar-refractivity contribution in [3.8, 4) is 0 Å². The molecule has 1 fully saturated rings. The van der Waals surface area contributed by atoms with Gasteiger partial charge in [0.1, 0.15) is 0 Å². The second-order valence-corrected chi connectivity index (χ2v) is 8.80. The minimum Gasteiger partial charge on any atom is -0.306 e. The number of para-hydroxylation sites is 2. The Bertz CT molecular complexity index is 1220. The average molecular weight is 416 g/mol. The molecule has 1 aliphatic rings. The molecule has 4 rings (SSSR count). The number of sulfonamides is 1. The van der Waals surface area contributed by atoms with Crippen LogP contribution in [0.1, 0.15) is 29.2 Å². The fourth-order valence-electron chi connectivity index (χ4n) is 3.86. The molecule has 1 aliphatic heterocycles. The molecule has 0 saturated carbocycles. The van der Waals surface area contributed by atoms with Crippen LogP contribution in [0.25, 0.3) is 11.0 Å². The number of aromatic amines is 1. The van der Waals surface area contributed by atoms with Crippen molar-refractivity contribution >= 4 is 27.0 Å². The number of piperidine rings is 1. The van der Waals surface area contributed by atoms with Crippen LogP contribution in [0.5, 0.6) is 0 Å². The van der Waals surface area contributed by atoms with Gasteiger partial charge in [0.2, 0.25) is 10.0 Å². The Hall–Kier alpha value is -2.95. The third-order valence-electron chi connectivity index (χ3n) is 5.26. The topological polar surface area (TPSA) is 124 Å². The van der Waals surface area contributed by atoms with Crippen LogP contribution < -0.4 is 11.2 Å². The van der Waals surface area contributed by atoms with E-state index in [0.717, 1.165) is 11.0 Å². The Morgan fingerprint density at radius 1 is 1.07 bits per heavy atom. The first-order valence-corrected chi connectivity index (χ1v) is 10.6. The van der Waals surface area contributed by atoms with Gasteiger partial charge in [0.25, 0.3) is 5.91 Å². The largest absolute Gasteiger partial charge is 0.326 e. The first-order valence-electron chi connectivity index (χ1n) is 9.16. The number of amides is 1. The highest BCUT2D eigenvalue weighted by molar-refractivity contribution is 7.89. The summed E-state index contributed by atoms with van der Waals surface area (Å²) in [5.41, 5.74) is 2.69. The van der Waals surface area contributed by atoms with E-state index < -0.39 is 15.9 Å². The normalized spacial score (nSPS) is 16.2. The molecule has 1 amide bonds. The van der Waals surface area contributed by atoms with Gasteiger partial charge in [-0.1, -0.05) is 24.3 Å². The van der Waals surface area contributed by atoms with Gasteiger partial charge < -0.3 is 4.98 Å². The number of nitrogens with one attached hydrogen (secondary N) is 2. The number of benzene rings is 2. The van der Waals surface area contributed by atoms with Crippen LogP contribution in [0.3, 0.4) is 0 Å². The molecule has 9 nitrogen and oxygen atoms in total. The molecule has 2 aromatic carbocycles. The van der Waals surface area contributed by atoms with Crippen molar-refractivity contribution in [2.24, 2.45) is 0 Å². The summed E-state index contributed by atoms with van der Waals surface area (Å²) in [6, 6.07) is 13.0. The maximum atomic E-state index is 13.1. The molecule has 0 aliphatic carbocycles. The molecule has 29 heavy (non-hydrogen) atoms. The van der Waals surface area contributed by atoms with Gasteiger partial charge in [0, 0.05) is 19.1 Å². The van der Waals surface area contributed by atoms with E-state index in [-0.39, 0.29) is 35.3 Å². The first kappa shape index (κ1) is 19.4. The number of hydrogen-bond donors (Lipinski definition) is 3. The van der Waals surface area contributed by atoms with Crippen molar-refractivity contribution in [1.29, 1.82) is 0 Å². The Kier molecular flexibility index (Phi) is 4.99. The highest BCUT2D eigenvalue weighted by Crippen LogP contribution is 2.29. The fourth-order valence-corrected chi connectivity index (χ4v) is 5.51. The summed E-state index contributed by atoms with van der Waals surface area (Å²) in [5.74, 6) is -0.885. The molecule has 0 unspecified atom stereocenters. The number of hydrogen-bond acceptors (Lipinski definition) is 5. The zero-order chi connectivity index (χ0) is 20.6. The van der Waals surface area contributed by atoms with Crippen molar-refractivity contribution in [3.63, 3.8) is 0 Å². The van der Waals surface area contributed by atoms with E-state index >= 15 is 0 Å². The molecular formula is C19H20N4O5S. The average Bonchev–Trinajstić information content (AvgIpc) is 3.09. The second kappa shape index (κ2) is 7.47. The quantitative estimate of drug-likeness (QED) is 0.439. The maximum Gasteiger partial charge on any atom is 0.326 e. The fraction of sp³-hybridized carbons (Fsp3) is 0.263. The summed E-state index contributed by atoms with van der Waals surface area (Å²) in [7, 11) is -3.93. The van der Waals surface area contributed by atoms with Crippen LogP contribution in [0.2, 0.25) is 0 Å². The van der Waals surface area contributed by atoms with Crippen LogP contribution >= 0.6 is 0 Å². The van der Waals surface area contributed by atoms with Gasteiger partial charge in [-0.25, -0.2) is 18.7 Å². The van der Waals surface area contributed by atoms with Crippen molar-refractivity contribution < 1.29 is 18.4 Å². The molecule has 1 saturated heterocycles. The smallest absolute Gasteiger partial charge is 0.306 e. The number of rotatable bonds is 4. The molecule has 0 radical (unpaired) electrons. The van der Waals surface area contributed by atoms with Crippen molar-refractivity contribution in [1.82, 2.24) is 19.3 Å². The summed E-state index contributed by atoms with van der Waals surface area (Å²) >= 11 is 0. The third-order valence-corrected chi connectivity index (χ3v) is 7.22. The first-order chi connectivity index (χ1) is 13.9. The zero-order valence-electron chi connectivity index (χ0n) is 15.4. The molecule has 3 aromatic rings. The number of hydroxylamine groups is 1. The summed E-state index contributed by atoms with van der Waals surface area (Å²) in [5, 5.41) is 8.90. The van der Waals surface area contributed by atoms with Gasteiger partial charge in [-0.2, -0.15) is 4.31 Å². The van der Waals surface area contributed by atoms with E-state index in [2.05, 4.69) is 4.98 Å². The predicted octanol–water partition coefficient (Wildman–Crippen LogP) is 1.47. The van der Waals surface area contributed by atoms with Crippen LogP contribution in [0.4, 0.5) is 0 Å². The Morgan fingerprint density at radius 2 is 1.72 bits per heavy atom. The van der Waals surface area contributed by atoms with Gasteiger partial charge in [0.15, 0.2) is 0 Å². The summed E-state index contributed by atoms with van der Waals surface area (Å²) in [6.45, 7) is 0.433. The molecule has 0 bridgehead atoms. The molecule has 0 atom stereocenters. The molecule has 152 valence electrons. The van der Waals surface area contributed by atoms with Gasteiger partial charge in [0.05, 0.1) is 21.5 Å². The summed E-state index contributed by atoms with van der Waals surface area (Å²) in [4.78, 5) is 26.9. The monoisotopic (exact) mass is 416 g/mol. The lowest BCUT2D eigenvalue weighted by Gasteiger charge is -2.32.